The van der Waals surface area contributed by atoms with Crippen LogP contribution in [0.3, 0.4) is 0 Å². The number of carbonyl (C=O) groups excluding carboxylic acids is 2. The van der Waals surface area contributed by atoms with Gasteiger partial charge in [-0.2, -0.15) is 5.10 Å². The van der Waals surface area contributed by atoms with Crippen molar-refractivity contribution in [3.8, 4) is 0 Å². The number of aromatic amines is 1. The SMILES string of the molecule is CCCc1[nH]nc(C(=O)NCCCNC(=O)OC(C)(C)C)c1N. The summed E-state index contributed by atoms with van der Waals surface area (Å²) in [5, 5.41) is 12.1. The zero-order valence-corrected chi connectivity index (χ0v) is 14.3. The molecule has 1 aromatic rings. The molecule has 0 unspecified atom stereocenters. The van der Waals surface area contributed by atoms with E-state index in [-0.39, 0.29) is 11.6 Å². The van der Waals surface area contributed by atoms with Crippen molar-refractivity contribution in [2.45, 2.75) is 52.6 Å². The molecule has 0 radical (unpaired) electrons. The van der Waals surface area contributed by atoms with Crippen LogP contribution in [0.2, 0.25) is 0 Å². The Labute approximate surface area is 136 Å². The Bertz CT molecular complexity index is 534. The van der Waals surface area contributed by atoms with Gasteiger partial charge >= 0.3 is 6.09 Å². The van der Waals surface area contributed by atoms with E-state index < -0.39 is 11.7 Å². The maximum absolute atomic E-state index is 12.0. The number of aryl methyl sites for hydroxylation is 1. The number of ether oxygens (including phenoxy) is 1. The number of H-pyrrole nitrogens is 1. The van der Waals surface area contributed by atoms with Crippen molar-refractivity contribution in [2.24, 2.45) is 0 Å². The number of nitrogens with one attached hydrogen (secondary N) is 3. The van der Waals surface area contributed by atoms with E-state index in [1.165, 1.54) is 0 Å². The van der Waals surface area contributed by atoms with Gasteiger partial charge in [0.15, 0.2) is 5.69 Å². The molecule has 0 spiro atoms. The number of alkyl carbamates (subject to hydrolysis) is 1. The van der Waals surface area contributed by atoms with Gasteiger partial charge in [0.1, 0.15) is 5.60 Å². The van der Waals surface area contributed by atoms with Crippen molar-refractivity contribution in [3.05, 3.63) is 11.4 Å². The molecule has 0 aromatic carbocycles. The Morgan fingerprint density at radius 2 is 1.91 bits per heavy atom. The third kappa shape index (κ3) is 6.58. The van der Waals surface area contributed by atoms with Gasteiger partial charge < -0.3 is 21.1 Å². The van der Waals surface area contributed by atoms with Crippen molar-refractivity contribution in [3.63, 3.8) is 0 Å². The zero-order valence-electron chi connectivity index (χ0n) is 14.3. The van der Waals surface area contributed by atoms with Gasteiger partial charge in [0.25, 0.3) is 5.91 Å². The molecule has 1 rings (SSSR count). The maximum Gasteiger partial charge on any atom is 0.407 e. The molecular formula is C15H27N5O3. The molecule has 0 saturated heterocycles. The van der Waals surface area contributed by atoms with Gasteiger partial charge in [0, 0.05) is 13.1 Å². The normalized spacial score (nSPS) is 11.1. The molecule has 1 aromatic heterocycles. The predicted molar refractivity (Wildman–Crippen MR) is 88.2 cm³/mol. The van der Waals surface area contributed by atoms with Crippen LogP contribution in [0.4, 0.5) is 10.5 Å². The summed E-state index contributed by atoms with van der Waals surface area (Å²) in [4.78, 5) is 23.4. The summed E-state index contributed by atoms with van der Waals surface area (Å²) in [5.74, 6) is -0.321. The Morgan fingerprint density at radius 1 is 1.26 bits per heavy atom. The lowest BCUT2D eigenvalue weighted by Crippen LogP contribution is -2.34. The number of anilines is 1. The summed E-state index contributed by atoms with van der Waals surface area (Å²) in [6.07, 6.45) is 1.79. The van der Waals surface area contributed by atoms with E-state index in [4.69, 9.17) is 10.5 Å². The van der Waals surface area contributed by atoms with Crippen LogP contribution in [0, 0.1) is 0 Å². The third-order valence-electron chi connectivity index (χ3n) is 2.91. The highest BCUT2D eigenvalue weighted by atomic mass is 16.6. The Kier molecular flexibility index (Phi) is 6.87. The summed E-state index contributed by atoms with van der Waals surface area (Å²) in [6, 6.07) is 0. The molecule has 0 saturated carbocycles. The first kappa shape index (κ1) is 18.8. The van der Waals surface area contributed by atoms with Crippen LogP contribution in [0.25, 0.3) is 0 Å². The molecule has 0 fully saturated rings. The van der Waals surface area contributed by atoms with Crippen LogP contribution in [0.5, 0.6) is 0 Å². The number of hydrogen-bond acceptors (Lipinski definition) is 5. The Hall–Kier alpha value is -2.25. The summed E-state index contributed by atoms with van der Waals surface area (Å²) in [7, 11) is 0. The van der Waals surface area contributed by atoms with E-state index in [1.807, 2.05) is 6.92 Å². The Balaban J connectivity index is 2.28. The summed E-state index contributed by atoms with van der Waals surface area (Å²) < 4.78 is 5.11. The quantitative estimate of drug-likeness (QED) is 0.567. The first-order valence-electron chi connectivity index (χ1n) is 7.82. The molecule has 8 heteroatoms. The molecular weight excluding hydrogens is 298 g/mol. The van der Waals surface area contributed by atoms with Crippen LogP contribution in [-0.4, -0.2) is 40.9 Å². The standard InChI is InChI=1S/C15H27N5O3/c1-5-7-10-11(16)12(20-19-10)13(21)17-8-6-9-18-14(22)23-15(2,3)4/h5-9,16H2,1-4H3,(H,17,21)(H,18,22)(H,19,20). The molecule has 0 bridgehead atoms. The summed E-state index contributed by atoms with van der Waals surface area (Å²) in [5.41, 5.74) is 6.77. The predicted octanol–water partition coefficient (Wildman–Crippen LogP) is 1.59. The molecule has 0 atom stereocenters. The van der Waals surface area contributed by atoms with Crippen molar-refractivity contribution in [2.75, 3.05) is 18.8 Å². The number of rotatable bonds is 7. The number of nitrogen functional groups attached to an aromatic ring is 1. The third-order valence-corrected chi connectivity index (χ3v) is 2.91. The fraction of sp³-hybridized carbons (Fsp3) is 0.667. The van der Waals surface area contributed by atoms with Crippen molar-refractivity contribution < 1.29 is 14.3 Å². The van der Waals surface area contributed by atoms with Gasteiger partial charge in [-0.3, -0.25) is 9.89 Å². The topological polar surface area (TPSA) is 122 Å². The lowest BCUT2D eigenvalue weighted by molar-refractivity contribution is 0.0527. The maximum atomic E-state index is 12.0. The number of nitrogens with two attached hydrogens (primary N) is 1. The van der Waals surface area contributed by atoms with Gasteiger partial charge in [0.2, 0.25) is 0 Å². The minimum atomic E-state index is -0.522. The van der Waals surface area contributed by atoms with E-state index in [2.05, 4.69) is 20.8 Å². The minimum absolute atomic E-state index is 0.216. The lowest BCUT2D eigenvalue weighted by Gasteiger charge is -2.19. The number of nitrogens with zero attached hydrogens (tertiary/aromatic N) is 1. The molecule has 1 heterocycles. The van der Waals surface area contributed by atoms with E-state index in [1.54, 1.807) is 20.8 Å². The fourth-order valence-electron chi connectivity index (χ4n) is 1.88. The molecule has 5 N–H and O–H groups in total. The van der Waals surface area contributed by atoms with Gasteiger partial charge in [-0.15, -0.1) is 0 Å². The van der Waals surface area contributed by atoms with E-state index in [0.717, 1.165) is 18.5 Å². The summed E-state index contributed by atoms with van der Waals surface area (Å²) >= 11 is 0. The number of aromatic nitrogens is 2. The highest BCUT2D eigenvalue weighted by Gasteiger charge is 2.17. The average molecular weight is 325 g/mol. The van der Waals surface area contributed by atoms with E-state index in [0.29, 0.717) is 25.2 Å². The largest absolute Gasteiger partial charge is 0.444 e. The zero-order chi connectivity index (χ0) is 17.5. The first-order valence-corrected chi connectivity index (χ1v) is 7.82. The second-order valence-corrected chi connectivity index (χ2v) is 6.25. The highest BCUT2D eigenvalue weighted by Crippen LogP contribution is 2.15. The molecule has 23 heavy (non-hydrogen) atoms. The van der Waals surface area contributed by atoms with Crippen molar-refractivity contribution >= 4 is 17.7 Å². The number of hydrogen-bond donors (Lipinski definition) is 4. The molecule has 2 amide bonds. The molecule has 0 aliphatic carbocycles. The molecule has 0 aliphatic rings. The van der Waals surface area contributed by atoms with Crippen LogP contribution < -0.4 is 16.4 Å². The van der Waals surface area contributed by atoms with Crippen LogP contribution in [0.1, 0.15) is 56.7 Å². The lowest BCUT2D eigenvalue weighted by atomic mass is 10.2. The van der Waals surface area contributed by atoms with Crippen LogP contribution in [0.15, 0.2) is 0 Å². The smallest absolute Gasteiger partial charge is 0.407 e. The second-order valence-electron chi connectivity index (χ2n) is 6.25. The van der Waals surface area contributed by atoms with Gasteiger partial charge in [-0.1, -0.05) is 13.3 Å². The van der Waals surface area contributed by atoms with Gasteiger partial charge in [-0.05, 0) is 33.6 Å². The van der Waals surface area contributed by atoms with Crippen molar-refractivity contribution in [1.29, 1.82) is 0 Å². The molecule has 0 aliphatic heterocycles. The highest BCUT2D eigenvalue weighted by molar-refractivity contribution is 5.97. The monoisotopic (exact) mass is 325 g/mol. The first-order chi connectivity index (χ1) is 10.7. The Morgan fingerprint density at radius 3 is 2.52 bits per heavy atom. The average Bonchev–Trinajstić information content (AvgIpc) is 2.78. The van der Waals surface area contributed by atoms with E-state index in [9.17, 15) is 9.59 Å². The van der Waals surface area contributed by atoms with Crippen LogP contribution >= 0.6 is 0 Å². The number of carbonyl (C=O) groups is 2. The molecule has 130 valence electrons. The van der Waals surface area contributed by atoms with Crippen LogP contribution in [-0.2, 0) is 11.2 Å². The second kappa shape index (κ2) is 8.40. The molecule has 8 nitrogen and oxygen atoms in total. The fourth-order valence-corrected chi connectivity index (χ4v) is 1.88. The van der Waals surface area contributed by atoms with Gasteiger partial charge in [0.05, 0.1) is 11.4 Å². The summed E-state index contributed by atoms with van der Waals surface area (Å²) in [6.45, 7) is 8.24. The minimum Gasteiger partial charge on any atom is -0.444 e. The van der Waals surface area contributed by atoms with E-state index >= 15 is 0 Å². The number of amides is 2. The van der Waals surface area contributed by atoms with Gasteiger partial charge in [-0.25, -0.2) is 4.79 Å². The van der Waals surface area contributed by atoms with Crippen molar-refractivity contribution in [1.82, 2.24) is 20.8 Å².